The molecule has 3 rings (SSSR count). The monoisotopic (exact) mass is 407 g/mol. The first-order valence-corrected chi connectivity index (χ1v) is 10.1. The van der Waals surface area contributed by atoms with Gasteiger partial charge in [0.15, 0.2) is 5.82 Å². The zero-order chi connectivity index (χ0) is 19.4. The maximum atomic E-state index is 12.3. The number of aromatic nitrogens is 3. The van der Waals surface area contributed by atoms with Gasteiger partial charge < -0.3 is 4.74 Å². The average molecular weight is 407 g/mol. The Bertz CT molecular complexity index is 1030. The SMILES string of the molecule is COc1ccccc1-c1nc(NC(=O)CN(C)S(=O)(=O)c2cccs2)n[nH]1. The van der Waals surface area contributed by atoms with E-state index in [2.05, 4.69) is 20.5 Å². The number of nitrogens with zero attached hydrogens (tertiary/aromatic N) is 3. The molecule has 11 heteroatoms. The number of carbonyl (C=O) groups is 1. The molecule has 0 bridgehead atoms. The number of aromatic amines is 1. The molecule has 9 nitrogen and oxygen atoms in total. The Hall–Kier alpha value is -2.76. The number of nitrogens with one attached hydrogen (secondary N) is 2. The number of para-hydroxylation sites is 1. The largest absolute Gasteiger partial charge is 0.496 e. The highest BCUT2D eigenvalue weighted by molar-refractivity contribution is 7.91. The van der Waals surface area contributed by atoms with Crippen LogP contribution in [-0.2, 0) is 14.8 Å². The number of hydrogen-bond acceptors (Lipinski definition) is 7. The third kappa shape index (κ3) is 4.15. The molecule has 1 aromatic carbocycles. The number of hydrogen-bond donors (Lipinski definition) is 2. The van der Waals surface area contributed by atoms with Crippen molar-refractivity contribution in [3.63, 3.8) is 0 Å². The van der Waals surface area contributed by atoms with Crippen molar-refractivity contribution in [3.8, 4) is 17.1 Å². The van der Waals surface area contributed by atoms with Gasteiger partial charge in [-0.3, -0.25) is 15.2 Å². The molecule has 142 valence electrons. The Morgan fingerprint density at radius 2 is 2.07 bits per heavy atom. The van der Waals surface area contributed by atoms with Crippen LogP contribution in [-0.4, -0.2) is 54.5 Å². The van der Waals surface area contributed by atoms with Crippen LogP contribution in [0.5, 0.6) is 5.75 Å². The van der Waals surface area contributed by atoms with E-state index in [9.17, 15) is 13.2 Å². The second-order valence-electron chi connectivity index (χ2n) is 5.45. The molecule has 0 saturated carbocycles. The molecule has 0 aliphatic heterocycles. The van der Waals surface area contributed by atoms with Crippen LogP contribution in [0.1, 0.15) is 0 Å². The summed E-state index contributed by atoms with van der Waals surface area (Å²) in [6, 6.07) is 10.3. The Labute approximate surface area is 160 Å². The molecular weight excluding hydrogens is 390 g/mol. The van der Waals surface area contributed by atoms with Gasteiger partial charge in [0, 0.05) is 7.05 Å². The van der Waals surface area contributed by atoms with Crippen molar-refractivity contribution in [3.05, 3.63) is 41.8 Å². The van der Waals surface area contributed by atoms with Crippen LogP contribution in [0.3, 0.4) is 0 Å². The normalized spacial score (nSPS) is 11.5. The summed E-state index contributed by atoms with van der Waals surface area (Å²) >= 11 is 1.09. The number of likely N-dealkylation sites (N-methyl/N-ethyl adjacent to an activating group) is 1. The third-order valence-electron chi connectivity index (χ3n) is 3.62. The van der Waals surface area contributed by atoms with Gasteiger partial charge in [0.05, 0.1) is 19.2 Å². The number of methoxy groups -OCH3 is 1. The van der Waals surface area contributed by atoms with Crippen LogP contribution >= 0.6 is 11.3 Å². The Morgan fingerprint density at radius 3 is 2.78 bits per heavy atom. The van der Waals surface area contributed by atoms with Gasteiger partial charge in [0.2, 0.25) is 11.9 Å². The minimum absolute atomic E-state index is 0.0443. The number of amides is 1. The average Bonchev–Trinajstić information content (AvgIpc) is 3.33. The molecule has 27 heavy (non-hydrogen) atoms. The van der Waals surface area contributed by atoms with Crippen LogP contribution in [0.15, 0.2) is 46.0 Å². The summed E-state index contributed by atoms with van der Waals surface area (Å²) in [5.74, 6) is 0.515. The number of sulfonamides is 1. The van der Waals surface area contributed by atoms with Crippen LogP contribution in [0.2, 0.25) is 0 Å². The highest BCUT2D eigenvalue weighted by atomic mass is 32.2. The molecule has 0 spiro atoms. The summed E-state index contributed by atoms with van der Waals surface area (Å²) in [6.45, 7) is -0.362. The first-order chi connectivity index (χ1) is 12.9. The molecular formula is C16H17N5O4S2. The van der Waals surface area contributed by atoms with Crippen molar-refractivity contribution in [2.75, 3.05) is 26.0 Å². The molecule has 0 radical (unpaired) electrons. The summed E-state index contributed by atoms with van der Waals surface area (Å²) in [5, 5.41) is 10.8. The molecule has 3 aromatic rings. The number of H-pyrrole nitrogens is 1. The fraction of sp³-hybridized carbons (Fsp3) is 0.188. The second-order valence-corrected chi connectivity index (χ2v) is 8.67. The zero-order valence-corrected chi connectivity index (χ0v) is 16.2. The van der Waals surface area contributed by atoms with Crippen molar-refractivity contribution < 1.29 is 17.9 Å². The number of rotatable bonds is 7. The van der Waals surface area contributed by atoms with Gasteiger partial charge in [0.1, 0.15) is 9.96 Å². The summed E-state index contributed by atoms with van der Waals surface area (Å²) in [7, 11) is -0.820. The first kappa shape index (κ1) is 19.0. The van der Waals surface area contributed by atoms with Crippen LogP contribution in [0.4, 0.5) is 5.95 Å². The fourth-order valence-electron chi connectivity index (χ4n) is 2.29. The maximum Gasteiger partial charge on any atom is 0.252 e. The quantitative estimate of drug-likeness (QED) is 0.617. The number of thiophene rings is 1. The lowest BCUT2D eigenvalue weighted by atomic mass is 10.2. The van der Waals surface area contributed by atoms with Gasteiger partial charge in [0.25, 0.3) is 10.0 Å². The molecule has 0 atom stereocenters. The topological polar surface area (TPSA) is 117 Å². The van der Waals surface area contributed by atoms with Crippen molar-refractivity contribution in [1.29, 1.82) is 0 Å². The van der Waals surface area contributed by atoms with Gasteiger partial charge >= 0.3 is 0 Å². The van der Waals surface area contributed by atoms with E-state index in [4.69, 9.17) is 4.74 Å². The number of ether oxygens (including phenoxy) is 1. The summed E-state index contributed by atoms with van der Waals surface area (Å²) < 4.78 is 31.1. The standard InChI is InChI=1S/C16H17N5O4S2/c1-21(27(23,24)14-8-5-9-26-14)10-13(22)17-16-18-15(19-20-16)11-6-3-4-7-12(11)25-2/h3-9H,10H2,1-2H3,(H2,17,18,19,20,22). The number of anilines is 1. The van der Waals surface area contributed by atoms with Gasteiger partial charge in [-0.25, -0.2) is 8.42 Å². The van der Waals surface area contributed by atoms with E-state index < -0.39 is 15.9 Å². The first-order valence-electron chi connectivity index (χ1n) is 7.77. The second kappa shape index (κ2) is 7.86. The molecule has 0 aliphatic rings. The van der Waals surface area contributed by atoms with Gasteiger partial charge in [-0.15, -0.1) is 16.4 Å². The lowest BCUT2D eigenvalue weighted by Gasteiger charge is -2.14. The molecule has 2 N–H and O–H groups in total. The van der Waals surface area contributed by atoms with Crippen LogP contribution in [0, 0.1) is 0 Å². The minimum atomic E-state index is -3.70. The van der Waals surface area contributed by atoms with E-state index in [-0.39, 0.29) is 16.7 Å². The Kier molecular flexibility index (Phi) is 5.54. The maximum absolute atomic E-state index is 12.3. The summed E-state index contributed by atoms with van der Waals surface area (Å²) in [6.07, 6.45) is 0. The Morgan fingerprint density at radius 1 is 1.30 bits per heavy atom. The lowest BCUT2D eigenvalue weighted by Crippen LogP contribution is -2.34. The van der Waals surface area contributed by atoms with Gasteiger partial charge in [-0.2, -0.15) is 9.29 Å². The van der Waals surface area contributed by atoms with Crippen LogP contribution < -0.4 is 10.1 Å². The van der Waals surface area contributed by atoms with E-state index in [0.29, 0.717) is 17.1 Å². The van der Waals surface area contributed by atoms with E-state index >= 15 is 0 Å². The lowest BCUT2D eigenvalue weighted by molar-refractivity contribution is -0.116. The third-order valence-corrected chi connectivity index (χ3v) is 6.80. The van der Waals surface area contributed by atoms with Gasteiger partial charge in [-0.1, -0.05) is 18.2 Å². The van der Waals surface area contributed by atoms with E-state index in [1.807, 2.05) is 12.1 Å². The van der Waals surface area contributed by atoms with Crippen molar-refractivity contribution in [1.82, 2.24) is 19.5 Å². The minimum Gasteiger partial charge on any atom is -0.496 e. The smallest absolute Gasteiger partial charge is 0.252 e. The number of benzene rings is 1. The highest BCUT2D eigenvalue weighted by Gasteiger charge is 2.24. The highest BCUT2D eigenvalue weighted by Crippen LogP contribution is 2.27. The molecule has 2 heterocycles. The molecule has 0 aliphatic carbocycles. The van der Waals surface area contributed by atoms with Crippen molar-refractivity contribution in [2.24, 2.45) is 0 Å². The predicted molar refractivity (Wildman–Crippen MR) is 101 cm³/mol. The number of carbonyl (C=O) groups excluding carboxylic acids is 1. The van der Waals surface area contributed by atoms with Crippen molar-refractivity contribution in [2.45, 2.75) is 4.21 Å². The van der Waals surface area contributed by atoms with E-state index in [1.54, 1.807) is 30.7 Å². The Balaban J connectivity index is 1.68. The predicted octanol–water partition coefficient (Wildman–Crippen LogP) is 1.80. The van der Waals surface area contributed by atoms with E-state index in [1.165, 1.54) is 13.1 Å². The van der Waals surface area contributed by atoms with Crippen molar-refractivity contribution >= 4 is 33.2 Å². The molecule has 2 aromatic heterocycles. The molecule has 0 saturated heterocycles. The van der Waals surface area contributed by atoms with Crippen LogP contribution in [0.25, 0.3) is 11.4 Å². The summed E-state index contributed by atoms with van der Waals surface area (Å²) in [4.78, 5) is 16.4. The molecule has 0 unspecified atom stereocenters. The zero-order valence-electron chi connectivity index (χ0n) is 14.5. The molecule has 0 fully saturated rings. The molecule has 1 amide bonds. The fourth-order valence-corrected chi connectivity index (χ4v) is 4.62. The van der Waals surface area contributed by atoms with E-state index in [0.717, 1.165) is 15.6 Å². The van der Waals surface area contributed by atoms with Gasteiger partial charge in [-0.05, 0) is 23.6 Å². The summed E-state index contributed by atoms with van der Waals surface area (Å²) in [5.41, 5.74) is 0.686.